The molecule has 0 radical (unpaired) electrons. The van der Waals surface area contributed by atoms with Crippen molar-refractivity contribution in [3.8, 4) is 0 Å². The highest BCUT2D eigenvalue weighted by Crippen LogP contribution is 2.24. The second kappa shape index (κ2) is 5.34. The lowest BCUT2D eigenvalue weighted by molar-refractivity contribution is -0.385. The lowest BCUT2D eigenvalue weighted by Crippen LogP contribution is -2.09. The van der Waals surface area contributed by atoms with E-state index in [0.29, 0.717) is 10.6 Å². The van der Waals surface area contributed by atoms with Crippen LogP contribution in [0.3, 0.4) is 0 Å². The van der Waals surface area contributed by atoms with E-state index < -0.39 is 10.9 Å². The second-order valence-electron chi connectivity index (χ2n) is 4.37. The summed E-state index contributed by atoms with van der Waals surface area (Å²) in [5.74, 6) is -1.08. The molecule has 0 atom stereocenters. The fourth-order valence-corrected chi connectivity index (χ4v) is 2.20. The van der Waals surface area contributed by atoms with Crippen molar-refractivity contribution in [2.45, 2.75) is 13.5 Å². The van der Waals surface area contributed by atoms with E-state index in [1.165, 1.54) is 28.8 Å². The number of carboxylic acids is 1. The quantitative estimate of drug-likeness (QED) is 0.693. The summed E-state index contributed by atoms with van der Waals surface area (Å²) in [5, 5.41) is 20.5. The van der Waals surface area contributed by atoms with Crippen LogP contribution in [0.4, 0.5) is 5.69 Å². The Bertz CT molecular complexity index is 694. The molecule has 6 nitrogen and oxygen atoms in total. The normalized spacial score (nSPS) is 10.5. The van der Waals surface area contributed by atoms with Crippen LogP contribution in [0.1, 0.15) is 21.6 Å². The van der Waals surface area contributed by atoms with Gasteiger partial charge in [-0.25, -0.2) is 4.79 Å². The van der Waals surface area contributed by atoms with Gasteiger partial charge in [-0.3, -0.25) is 10.1 Å². The molecule has 2 aromatic rings. The Hall–Kier alpha value is -2.34. The predicted octanol–water partition coefficient (Wildman–Crippen LogP) is 3.10. The number of hydrogen-bond acceptors (Lipinski definition) is 3. The van der Waals surface area contributed by atoms with Crippen LogP contribution < -0.4 is 0 Å². The van der Waals surface area contributed by atoms with Gasteiger partial charge in [0.15, 0.2) is 0 Å². The van der Waals surface area contributed by atoms with E-state index in [2.05, 4.69) is 0 Å². The van der Waals surface area contributed by atoms with Crippen LogP contribution >= 0.6 is 11.6 Å². The molecule has 0 aliphatic heterocycles. The number of halogens is 1. The second-order valence-corrected chi connectivity index (χ2v) is 4.80. The van der Waals surface area contributed by atoms with Crippen molar-refractivity contribution in [2.24, 2.45) is 0 Å². The van der Waals surface area contributed by atoms with Gasteiger partial charge < -0.3 is 9.67 Å². The van der Waals surface area contributed by atoms with Crippen LogP contribution in [0.2, 0.25) is 5.02 Å². The van der Waals surface area contributed by atoms with Gasteiger partial charge in [0, 0.05) is 17.3 Å². The predicted molar refractivity (Wildman–Crippen MR) is 73.3 cm³/mol. The van der Waals surface area contributed by atoms with Crippen molar-refractivity contribution >= 4 is 23.3 Å². The van der Waals surface area contributed by atoms with E-state index in [1.807, 2.05) is 0 Å². The molecule has 1 aromatic heterocycles. The first-order valence-electron chi connectivity index (χ1n) is 5.71. The number of aromatic carboxylic acids is 1. The first kappa shape index (κ1) is 14.1. The molecule has 0 bridgehead atoms. The van der Waals surface area contributed by atoms with Crippen molar-refractivity contribution in [1.82, 2.24) is 4.57 Å². The molecule has 0 spiro atoms. The summed E-state index contributed by atoms with van der Waals surface area (Å²) < 4.78 is 1.45. The monoisotopic (exact) mass is 294 g/mol. The SMILES string of the molecule is Cc1cc(C(=O)O)n(Cc2cc(Cl)ccc2[N+](=O)[O-])c1. The summed E-state index contributed by atoms with van der Waals surface area (Å²) in [6.45, 7) is 1.83. The average molecular weight is 295 g/mol. The van der Waals surface area contributed by atoms with Gasteiger partial charge in [0.05, 0.1) is 17.0 Å². The number of hydrogen-bond donors (Lipinski definition) is 1. The van der Waals surface area contributed by atoms with Crippen LogP contribution in [-0.2, 0) is 6.54 Å². The molecule has 2 rings (SSSR count). The van der Waals surface area contributed by atoms with Gasteiger partial charge in [0.1, 0.15) is 5.69 Å². The average Bonchev–Trinajstić information content (AvgIpc) is 2.70. The minimum Gasteiger partial charge on any atom is -0.477 e. The summed E-state index contributed by atoms with van der Waals surface area (Å²) in [6, 6.07) is 5.73. The lowest BCUT2D eigenvalue weighted by Gasteiger charge is -2.07. The maximum Gasteiger partial charge on any atom is 0.352 e. The smallest absolute Gasteiger partial charge is 0.352 e. The van der Waals surface area contributed by atoms with Crippen molar-refractivity contribution in [2.75, 3.05) is 0 Å². The number of aromatic nitrogens is 1. The minimum atomic E-state index is -1.08. The Morgan fingerprint density at radius 2 is 2.15 bits per heavy atom. The number of carbonyl (C=O) groups is 1. The van der Waals surface area contributed by atoms with Crippen LogP contribution in [0.25, 0.3) is 0 Å². The van der Waals surface area contributed by atoms with Crippen molar-refractivity contribution in [1.29, 1.82) is 0 Å². The number of aryl methyl sites for hydroxylation is 1. The number of rotatable bonds is 4. The van der Waals surface area contributed by atoms with E-state index in [4.69, 9.17) is 16.7 Å². The molecule has 0 saturated heterocycles. The van der Waals surface area contributed by atoms with E-state index >= 15 is 0 Å². The zero-order valence-electron chi connectivity index (χ0n) is 10.5. The molecule has 20 heavy (non-hydrogen) atoms. The van der Waals surface area contributed by atoms with E-state index in [0.717, 1.165) is 5.56 Å². The molecule has 0 fully saturated rings. The zero-order valence-corrected chi connectivity index (χ0v) is 11.3. The van der Waals surface area contributed by atoms with Gasteiger partial charge in [0.2, 0.25) is 0 Å². The van der Waals surface area contributed by atoms with Crippen molar-refractivity contribution < 1.29 is 14.8 Å². The standard InChI is InChI=1S/C13H11ClN2O4/c1-8-4-12(13(17)18)15(6-8)7-9-5-10(14)2-3-11(9)16(19)20/h2-6H,7H2,1H3,(H,17,18). The zero-order chi connectivity index (χ0) is 14.9. The third-order valence-electron chi connectivity index (χ3n) is 2.83. The molecule has 0 unspecified atom stereocenters. The maximum atomic E-state index is 11.1. The molecular formula is C13H11ClN2O4. The third-order valence-corrected chi connectivity index (χ3v) is 3.07. The summed E-state index contributed by atoms with van der Waals surface area (Å²) in [5.41, 5.74) is 1.13. The fourth-order valence-electron chi connectivity index (χ4n) is 2.01. The Kier molecular flexibility index (Phi) is 3.76. The molecule has 0 amide bonds. The fraction of sp³-hybridized carbons (Fsp3) is 0.154. The molecule has 1 aromatic carbocycles. The molecule has 0 aliphatic rings. The highest BCUT2D eigenvalue weighted by atomic mass is 35.5. The van der Waals surface area contributed by atoms with Gasteiger partial charge in [-0.1, -0.05) is 11.6 Å². The topological polar surface area (TPSA) is 85.4 Å². The first-order valence-corrected chi connectivity index (χ1v) is 6.09. The van der Waals surface area contributed by atoms with Crippen molar-refractivity contribution in [3.05, 3.63) is 62.4 Å². The molecule has 7 heteroatoms. The summed E-state index contributed by atoms with van der Waals surface area (Å²) >= 11 is 5.85. The van der Waals surface area contributed by atoms with E-state index in [-0.39, 0.29) is 17.9 Å². The Morgan fingerprint density at radius 1 is 1.45 bits per heavy atom. The third kappa shape index (κ3) is 2.80. The van der Waals surface area contributed by atoms with Gasteiger partial charge in [-0.2, -0.15) is 0 Å². The van der Waals surface area contributed by atoms with Gasteiger partial charge in [-0.05, 0) is 30.7 Å². The van der Waals surface area contributed by atoms with Gasteiger partial charge in [-0.15, -0.1) is 0 Å². The Balaban J connectivity index is 2.47. The molecule has 0 saturated carbocycles. The number of nitro benzene ring substituents is 1. The number of nitrogens with zero attached hydrogens (tertiary/aromatic N) is 2. The number of benzene rings is 1. The highest BCUT2D eigenvalue weighted by Gasteiger charge is 2.17. The largest absolute Gasteiger partial charge is 0.477 e. The van der Waals surface area contributed by atoms with E-state index in [9.17, 15) is 14.9 Å². The first-order chi connectivity index (χ1) is 9.38. The van der Waals surface area contributed by atoms with Crippen LogP contribution in [0.15, 0.2) is 30.5 Å². The van der Waals surface area contributed by atoms with Gasteiger partial charge in [0.25, 0.3) is 5.69 Å². The minimum absolute atomic E-state index is 0.0757. The molecule has 104 valence electrons. The van der Waals surface area contributed by atoms with Gasteiger partial charge >= 0.3 is 5.97 Å². The number of carboxylic acid groups (broad SMARTS) is 1. The summed E-state index contributed by atoms with van der Waals surface area (Å²) in [6.07, 6.45) is 1.63. The Morgan fingerprint density at radius 3 is 2.75 bits per heavy atom. The summed E-state index contributed by atoms with van der Waals surface area (Å²) in [7, 11) is 0. The highest BCUT2D eigenvalue weighted by molar-refractivity contribution is 6.30. The van der Waals surface area contributed by atoms with Crippen molar-refractivity contribution in [3.63, 3.8) is 0 Å². The van der Waals surface area contributed by atoms with Crippen LogP contribution in [0, 0.1) is 17.0 Å². The molecule has 0 aliphatic carbocycles. The van der Waals surface area contributed by atoms with E-state index in [1.54, 1.807) is 13.1 Å². The lowest BCUT2D eigenvalue weighted by atomic mass is 10.2. The molecule has 1 N–H and O–H groups in total. The molecule has 1 heterocycles. The number of nitro groups is 1. The van der Waals surface area contributed by atoms with Crippen LogP contribution in [-0.4, -0.2) is 20.6 Å². The van der Waals surface area contributed by atoms with Crippen LogP contribution in [0.5, 0.6) is 0 Å². The maximum absolute atomic E-state index is 11.1. The summed E-state index contributed by atoms with van der Waals surface area (Å²) in [4.78, 5) is 21.6. The Labute approximate surface area is 119 Å². The molecular weight excluding hydrogens is 284 g/mol.